The summed E-state index contributed by atoms with van der Waals surface area (Å²) < 4.78 is 5.59. The first-order valence-electron chi connectivity index (χ1n) is 8.16. The van der Waals surface area contributed by atoms with Crippen LogP contribution in [-0.4, -0.2) is 41.2 Å². The summed E-state index contributed by atoms with van der Waals surface area (Å²) in [7, 11) is 0. The van der Waals surface area contributed by atoms with E-state index in [2.05, 4.69) is 15.4 Å². The van der Waals surface area contributed by atoms with Crippen LogP contribution in [0.1, 0.15) is 36.9 Å². The maximum absolute atomic E-state index is 5.59. The van der Waals surface area contributed by atoms with Crippen molar-refractivity contribution in [1.29, 1.82) is 0 Å². The summed E-state index contributed by atoms with van der Waals surface area (Å²) in [5.41, 5.74) is 0. The monoisotopic (exact) mass is 274 g/mol. The molecule has 4 fully saturated rings. The van der Waals surface area contributed by atoms with Crippen molar-refractivity contribution in [1.82, 2.24) is 20.4 Å². The van der Waals surface area contributed by atoms with Crippen molar-refractivity contribution in [3.63, 3.8) is 0 Å². The Hall–Kier alpha value is -0.940. The predicted molar refractivity (Wildman–Crippen MR) is 73.0 cm³/mol. The molecule has 4 aliphatic rings. The highest BCUT2D eigenvalue weighted by Crippen LogP contribution is 2.72. The van der Waals surface area contributed by atoms with Gasteiger partial charge in [-0.1, -0.05) is 5.16 Å². The molecule has 4 atom stereocenters. The highest BCUT2D eigenvalue weighted by molar-refractivity contribution is 5.22. The number of rotatable bonds is 3. The van der Waals surface area contributed by atoms with Gasteiger partial charge in [-0.25, -0.2) is 0 Å². The van der Waals surface area contributed by atoms with Crippen LogP contribution in [0.5, 0.6) is 0 Å². The molecule has 0 aromatic carbocycles. The second-order valence-electron chi connectivity index (χ2n) is 7.09. The molecule has 1 N–H and O–H groups in total. The molecule has 3 saturated carbocycles. The van der Waals surface area contributed by atoms with E-state index in [-0.39, 0.29) is 0 Å². The van der Waals surface area contributed by atoms with E-state index in [4.69, 9.17) is 9.51 Å². The highest BCUT2D eigenvalue weighted by atomic mass is 16.5. The molecule has 5 rings (SSSR count). The smallest absolute Gasteiger partial charge is 0.230 e. The molecule has 2 heterocycles. The van der Waals surface area contributed by atoms with Crippen molar-refractivity contribution in [2.75, 3.05) is 26.2 Å². The van der Waals surface area contributed by atoms with Gasteiger partial charge in [-0.2, -0.15) is 4.98 Å². The summed E-state index contributed by atoms with van der Waals surface area (Å²) in [6, 6.07) is 0. The lowest BCUT2D eigenvalue weighted by Crippen LogP contribution is -2.43. The largest absolute Gasteiger partial charge is 0.339 e. The summed E-state index contributed by atoms with van der Waals surface area (Å²) in [4.78, 5) is 7.11. The fourth-order valence-electron chi connectivity index (χ4n) is 5.19. The molecule has 1 saturated heterocycles. The molecule has 0 radical (unpaired) electrons. The van der Waals surface area contributed by atoms with Crippen LogP contribution in [0.15, 0.2) is 4.52 Å². The third kappa shape index (κ3) is 1.69. The molecular formula is C15H22N4O. The van der Waals surface area contributed by atoms with Gasteiger partial charge in [0.1, 0.15) is 0 Å². The van der Waals surface area contributed by atoms with Gasteiger partial charge in [0.25, 0.3) is 0 Å². The quantitative estimate of drug-likeness (QED) is 0.898. The van der Waals surface area contributed by atoms with Gasteiger partial charge in [-0.3, -0.25) is 4.90 Å². The van der Waals surface area contributed by atoms with Crippen molar-refractivity contribution in [3.8, 4) is 0 Å². The van der Waals surface area contributed by atoms with Crippen LogP contribution in [0, 0.1) is 23.7 Å². The zero-order valence-electron chi connectivity index (χ0n) is 11.8. The van der Waals surface area contributed by atoms with Crippen LogP contribution < -0.4 is 5.32 Å². The fourth-order valence-corrected chi connectivity index (χ4v) is 5.19. The van der Waals surface area contributed by atoms with E-state index in [9.17, 15) is 0 Å². The number of nitrogens with zero attached hydrogens (tertiary/aromatic N) is 3. The van der Waals surface area contributed by atoms with Gasteiger partial charge in [-0.15, -0.1) is 0 Å². The minimum Gasteiger partial charge on any atom is -0.339 e. The number of piperazine rings is 1. The maximum Gasteiger partial charge on any atom is 0.230 e. The number of aromatic nitrogens is 2. The van der Waals surface area contributed by atoms with E-state index < -0.39 is 0 Å². The SMILES string of the molecule is C1CN(Cc2noc(C3C4C5CCC(C5)C34)n2)CCN1. The summed E-state index contributed by atoms with van der Waals surface area (Å²) in [5.74, 6) is 6.17. The molecule has 20 heavy (non-hydrogen) atoms. The number of nitrogens with one attached hydrogen (secondary N) is 1. The van der Waals surface area contributed by atoms with E-state index in [0.717, 1.165) is 68.1 Å². The molecule has 1 aromatic heterocycles. The van der Waals surface area contributed by atoms with Crippen LogP contribution >= 0.6 is 0 Å². The van der Waals surface area contributed by atoms with Crippen molar-refractivity contribution in [3.05, 3.63) is 11.7 Å². The van der Waals surface area contributed by atoms with E-state index >= 15 is 0 Å². The zero-order chi connectivity index (χ0) is 13.1. The summed E-state index contributed by atoms with van der Waals surface area (Å²) in [5, 5.41) is 7.59. The normalized spacial score (nSPS) is 42.9. The molecule has 2 bridgehead atoms. The third-order valence-electron chi connectivity index (χ3n) is 6.08. The van der Waals surface area contributed by atoms with Crippen molar-refractivity contribution in [2.24, 2.45) is 23.7 Å². The molecule has 0 amide bonds. The Labute approximate surface area is 119 Å². The Morgan fingerprint density at radius 3 is 2.65 bits per heavy atom. The van der Waals surface area contributed by atoms with Crippen LogP contribution in [0.2, 0.25) is 0 Å². The first-order valence-corrected chi connectivity index (χ1v) is 8.16. The second-order valence-corrected chi connectivity index (χ2v) is 7.09. The Balaban J connectivity index is 1.27. The first-order chi connectivity index (χ1) is 9.90. The molecule has 1 aliphatic heterocycles. The predicted octanol–water partition coefficient (Wildman–Crippen LogP) is 1.23. The zero-order valence-corrected chi connectivity index (χ0v) is 11.8. The molecule has 3 aliphatic carbocycles. The van der Waals surface area contributed by atoms with E-state index in [1.54, 1.807) is 0 Å². The summed E-state index contributed by atoms with van der Waals surface area (Å²) >= 11 is 0. The van der Waals surface area contributed by atoms with Crippen LogP contribution in [0.4, 0.5) is 0 Å². The Morgan fingerprint density at radius 1 is 1.15 bits per heavy atom. The average molecular weight is 274 g/mol. The van der Waals surface area contributed by atoms with E-state index in [1.165, 1.54) is 19.3 Å². The molecule has 0 spiro atoms. The van der Waals surface area contributed by atoms with Gasteiger partial charge in [0, 0.05) is 32.1 Å². The number of hydrogen-bond donors (Lipinski definition) is 1. The van der Waals surface area contributed by atoms with Crippen LogP contribution in [-0.2, 0) is 6.54 Å². The minimum absolute atomic E-state index is 0.616. The van der Waals surface area contributed by atoms with Crippen LogP contribution in [0.3, 0.4) is 0 Å². The van der Waals surface area contributed by atoms with Crippen LogP contribution in [0.25, 0.3) is 0 Å². The number of fused-ring (bicyclic) bond motifs is 5. The van der Waals surface area contributed by atoms with Gasteiger partial charge >= 0.3 is 0 Å². The average Bonchev–Trinajstić information content (AvgIpc) is 2.87. The van der Waals surface area contributed by atoms with Crippen molar-refractivity contribution in [2.45, 2.75) is 31.7 Å². The summed E-state index contributed by atoms with van der Waals surface area (Å²) in [6.45, 7) is 5.16. The highest BCUT2D eigenvalue weighted by Gasteiger charge is 2.67. The Kier molecular flexibility index (Phi) is 2.50. The number of hydrogen-bond acceptors (Lipinski definition) is 5. The van der Waals surface area contributed by atoms with Gasteiger partial charge in [0.05, 0.1) is 6.54 Å². The van der Waals surface area contributed by atoms with Crippen molar-refractivity contribution >= 4 is 0 Å². The molecule has 108 valence electrons. The molecule has 5 heteroatoms. The second kappa shape index (κ2) is 4.28. The molecule has 4 unspecified atom stereocenters. The molecule has 5 nitrogen and oxygen atoms in total. The lowest BCUT2D eigenvalue weighted by Gasteiger charge is -2.25. The third-order valence-corrected chi connectivity index (χ3v) is 6.08. The topological polar surface area (TPSA) is 54.2 Å². The van der Waals surface area contributed by atoms with Gasteiger partial charge < -0.3 is 9.84 Å². The molecule has 1 aromatic rings. The van der Waals surface area contributed by atoms with Gasteiger partial charge in [0.15, 0.2) is 5.82 Å². The summed E-state index contributed by atoms with van der Waals surface area (Å²) in [6.07, 6.45) is 4.38. The van der Waals surface area contributed by atoms with Gasteiger partial charge in [-0.05, 0) is 42.9 Å². The first kappa shape index (κ1) is 11.7. The lowest BCUT2D eigenvalue weighted by molar-refractivity contribution is 0.224. The molecular weight excluding hydrogens is 252 g/mol. The maximum atomic E-state index is 5.59. The van der Waals surface area contributed by atoms with E-state index in [1.807, 2.05) is 0 Å². The van der Waals surface area contributed by atoms with Crippen molar-refractivity contribution < 1.29 is 4.52 Å². The van der Waals surface area contributed by atoms with E-state index in [0.29, 0.717) is 5.92 Å². The fraction of sp³-hybridized carbons (Fsp3) is 0.867. The van der Waals surface area contributed by atoms with Gasteiger partial charge in [0.2, 0.25) is 5.89 Å². The lowest BCUT2D eigenvalue weighted by atomic mass is 10.0. The minimum atomic E-state index is 0.616. The Bertz CT molecular complexity index is 494. The standard InChI is InChI=1S/C15H22N4O/c1-2-10-7-9(1)12-13(10)14(12)15-17-11(18-20-15)8-19-5-3-16-4-6-19/h9-10,12-14,16H,1-8H2. The Morgan fingerprint density at radius 2 is 1.90 bits per heavy atom.